The number of ether oxygens (including phenoxy) is 2. The summed E-state index contributed by atoms with van der Waals surface area (Å²) in [6, 6.07) is 2.71. The highest BCUT2D eigenvalue weighted by molar-refractivity contribution is 5.25. The predicted molar refractivity (Wildman–Crippen MR) is 147 cm³/mol. The molecule has 0 aromatic carbocycles. The molecule has 2 saturated carbocycles. The van der Waals surface area contributed by atoms with Crippen molar-refractivity contribution in [3.63, 3.8) is 0 Å². The van der Waals surface area contributed by atoms with Gasteiger partial charge in [-0.1, -0.05) is 32.4 Å². The third kappa shape index (κ3) is 5.06. The Bertz CT molecular complexity index is 1100. The highest BCUT2D eigenvalue weighted by Crippen LogP contribution is 2.61. The third-order valence-corrected chi connectivity index (χ3v) is 11.3. The van der Waals surface area contributed by atoms with Gasteiger partial charge < -0.3 is 34.9 Å². The molecule has 0 spiro atoms. The minimum atomic E-state index is -1.19. The van der Waals surface area contributed by atoms with Crippen LogP contribution in [0.25, 0.3) is 0 Å². The van der Waals surface area contributed by atoms with Crippen LogP contribution < -0.4 is 11.4 Å². The van der Waals surface area contributed by atoms with Crippen molar-refractivity contribution in [3.05, 3.63) is 46.0 Å². The van der Waals surface area contributed by atoms with Gasteiger partial charge in [-0.15, -0.1) is 0 Å². The molecule has 0 radical (unpaired) electrons. The fourth-order valence-corrected chi connectivity index (χ4v) is 8.11. The number of rotatable bonds is 3. The first-order chi connectivity index (χ1) is 18.4. The van der Waals surface area contributed by atoms with Crippen LogP contribution in [0.2, 0.25) is 0 Å². The Hall–Kier alpha value is -1.55. The van der Waals surface area contributed by atoms with Crippen molar-refractivity contribution < 1.29 is 29.2 Å². The van der Waals surface area contributed by atoms with Crippen molar-refractivity contribution in [3.8, 4) is 0 Å². The predicted octanol–water partition coefficient (Wildman–Crippen LogP) is 3.76. The Labute approximate surface area is 231 Å². The molecule has 2 unspecified atom stereocenters. The van der Waals surface area contributed by atoms with Crippen LogP contribution in [0.4, 0.5) is 0 Å². The van der Waals surface area contributed by atoms with Crippen LogP contribution in [-0.2, 0) is 9.47 Å². The lowest BCUT2D eigenvalue weighted by molar-refractivity contribution is -0.279. The number of aliphatic hydroxyl groups is 3. The number of hydrogen-bond donors (Lipinski definition) is 4. The van der Waals surface area contributed by atoms with E-state index in [1.807, 2.05) is 6.07 Å². The first kappa shape index (κ1) is 29.0. The minimum absolute atomic E-state index is 0.0144. The van der Waals surface area contributed by atoms with Gasteiger partial charge >= 0.3 is 5.63 Å². The molecule has 1 aromatic heterocycles. The van der Waals surface area contributed by atoms with Gasteiger partial charge in [0.05, 0.1) is 30.1 Å². The van der Waals surface area contributed by atoms with Crippen LogP contribution >= 0.6 is 0 Å². The molecule has 8 nitrogen and oxygen atoms in total. The van der Waals surface area contributed by atoms with Gasteiger partial charge in [-0.3, -0.25) is 0 Å². The van der Waals surface area contributed by atoms with E-state index in [0.717, 1.165) is 63.4 Å². The van der Waals surface area contributed by atoms with Gasteiger partial charge in [-0.2, -0.15) is 0 Å². The Kier molecular flexibility index (Phi) is 7.94. The van der Waals surface area contributed by atoms with E-state index in [-0.39, 0.29) is 28.5 Å². The highest BCUT2D eigenvalue weighted by Gasteiger charge is 2.57. The second kappa shape index (κ2) is 10.7. The van der Waals surface area contributed by atoms with E-state index >= 15 is 0 Å². The van der Waals surface area contributed by atoms with Crippen molar-refractivity contribution in [1.82, 2.24) is 0 Å². The summed E-state index contributed by atoms with van der Waals surface area (Å²) in [6.45, 7) is 8.72. The molecule has 5 rings (SSSR count). The zero-order valence-corrected chi connectivity index (χ0v) is 23.8. The van der Waals surface area contributed by atoms with Gasteiger partial charge in [0.1, 0.15) is 12.2 Å². The van der Waals surface area contributed by atoms with Crippen molar-refractivity contribution in [2.45, 2.75) is 134 Å². The van der Waals surface area contributed by atoms with Crippen molar-refractivity contribution in [1.29, 1.82) is 0 Å². The Morgan fingerprint density at radius 1 is 1.03 bits per heavy atom. The molecule has 8 heteroatoms. The molecule has 11 atom stereocenters. The van der Waals surface area contributed by atoms with Crippen molar-refractivity contribution in [2.24, 2.45) is 22.5 Å². The maximum Gasteiger partial charge on any atom is 0.335 e. The lowest BCUT2D eigenvalue weighted by atomic mass is 9.58. The summed E-state index contributed by atoms with van der Waals surface area (Å²) in [5.74, 6) is 0.549. The Morgan fingerprint density at radius 2 is 1.79 bits per heavy atom. The lowest BCUT2D eigenvalue weighted by Crippen LogP contribution is -2.61. The normalized spacial score (nSPS) is 47.1. The summed E-state index contributed by atoms with van der Waals surface area (Å²) < 4.78 is 17.3. The molecule has 39 heavy (non-hydrogen) atoms. The fourth-order valence-electron chi connectivity index (χ4n) is 8.11. The van der Waals surface area contributed by atoms with Crippen LogP contribution in [0.3, 0.4) is 0 Å². The van der Waals surface area contributed by atoms with E-state index < -0.39 is 36.2 Å². The molecule has 218 valence electrons. The van der Waals surface area contributed by atoms with Gasteiger partial charge in [0.2, 0.25) is 0 Å². The van der Waals surface area contributed by atoms with E-state index in [0.29, 0.717) is 5.92 Å². The molecule has 3 fully saturated rings. The zero-order valence-electron chi connectivity index (χ0n) is 23.8. The van der Waals surface area contributed by atoms with E-state index in [9.17, 15) is 20.1 Å². The minimum Gasteiger partial charge on any atom is -0.431 e. The van der Waals surface area contributed by atoms with Gasteiger partial charge in [0.15, 0.2) is 6.29 Å². The monoisotopic (exact) mass is 545 g/mol. The number of aliphatic hydroxyl groups excluding tert-OH is 2. The molecule has 3 aliphatic carbocycles. The molecule has 1 aliphatic heterocycles. The maximum absolute atomic E-state index is 12.1. The van der Waals surface area contributed by atoms with Crippen LogP contribution in [0.1, 0.15) is 97.0 Å². The summed E-state index contributed by atoms with van der Waals surface area (Å²) in [4.78, 5) is 11.6. The third-order valence-electron chi connectivity index (χ3n) is 11.3. The second-order valence-electron chi connectivity index (χ2n) is 13.3. The van der Waals surface area contributed by atoms with Gasteiger partial charge in [0.25, 0.3) is 0 Å². The molecule has 1 saturated heterocycles. The quantitative estimate of drug-likeness (QED) is 0.422. The average molecular weight is 546 g/mol. The molecule has 4 aliphatic rings. The number of hydrogen-bond acceptors (Lipinski definition) is 8. The smallest absolute Gasteiger partial charge is 0.335 e. The van der Waals surface area contributed by atoms with Crippen LogP contribution in [0, 0.1) is 16.7 Å². The summed E-state index contributed by atoms with van der Waals surface area (Å²) >= 11 is 0. The van der Waals surface area contributed by atoms with E-state index in [2.05, 4.69) is 26.8 Å². The Morgan fingerprint density at radius 3 is 2.51 bits per heavy atom. The molecule has 0 amide bonds. The second-order valence-corrected chi connectivity index (χ2v) is 13.3. The van der Waals surface area contributed by atoms with E-state index in [4.69, 9.17) is 19.6 Å². The average Bonchev–Trinajstić information content (AvgIpc) is 3.16. The van der Waals surface area contributed by atoms with E-state index in [1.54, 1.807) is 13.2 Å². The number of fused-ring (bicyclic) bond motifs is 2. The first-order valence-corrected chi connectivity index (χ1v) is 14.8. The van der Waals surface area contributed by atoms with Crippen LogP contribution in [-0.4, -0.2) is 57.7 Å². The lowest BCUT2D eigenvalue weighted by Gasteiger charge is -2.49. The summed E-state index contributed by atoms with van der Waals surface area (Å²) in [6.07, 6.45) is 7.71. The first-order valence-electron chi connectivity index (χ1n) is 14.8. The van der Waals surface area contributed by atoms with Gasteiger partial charge in [-0.25, -0.2) is 4.79 Å². The van der Waals surface area contributed by atoms with Gasteiger partial charge in [0, 0.05) is 11.5 Å². The molecule has 0 bridgehead atoms. The van der Waals surface area contributed by atoms with Crippen LogP contribution in [0.5, 0.6) is 0 Å². The fraction of sp³-hybridized carbons (Fsp3) is 0.774. The summed E-state index contributed by atoms with van der Waals surface area (Å²) in [5, 5.41) is 33.0. The molecule has 2 heterocycles. The Balaban J connectivity index is 1.36. The largest absolute Gasteiger partial charge is 0.431 e. The molecular weight excluding hydrogens is 498 g/mol. The number of nitrogens with two attached hydrogens (primary N) is 1. The molecular formula is C31H47NO7. The zero-order chi connectivity index (χ0) is 28.2. The van der Waals surface area contributed by atoms with Crippen molar-refractivity contribution >= 4 is 0 Å². The summed E-state index contributed by atoms with van der Waals surface area (Å²) in [7, 11) is 0. The molecule has 1 aromatic rings. The van der Waals surface area contributed by atoms with Gasteiger partial charge in [-0.05, 0) is 93.6 Å². The summed E-state index contributed by atoms with van der Waals surface area (Å²) in [5.41, 5.74) is 6.91. The number of allylic oxidation sites excluding steroid dienone is 1. The maximum atomic E-state index is 12.1. The molecule has 5 N–H and O–H groups in total. The standard InChI is InChI=1S/C31H47NO7/c1-18-9-14-30(4)23(20-7-8-24(33)37-17-20)11-15-31(30,36)12-5-6-21-16-22(10-13-29(18,21)3)39-28-27(35)26(34)25(32)19(2)38-28/h7-8,16-19,22-23,25-28,34-36H,5-6,9-15,32H2,1-4H3/t18-,19+,22+,23-,25?,26-,27-,28+,29-,30?,31-/m1/s1. The van der Waals surface area contributed by atoms with Crippen molar-refractivity contribution in [2.75, 3.05) is 0 Å². The SMILES string of the molecule is C[C@@H]1O[C@@H](O[C@@H]2C=C3CCC[C@@]4(O)CC[C@H](c5ccc(=O)oc5)C4(C)CC[C@@H](C)[C@@]3(C)CC2)[C@H](O)[C@H](O)C1N. The van der Waals surface area contributed by atoms with E-state index in [1.165, 1.54) is 11.6 Å². The highest BCUT2D eigenvalue weighted by atomic mass is 16.7. The topological polar surface area (TPSA) is 135 Å². The van der Waals surface area contributed by atoms with Crippen LogP contribution in [0.15, 0.2) is 39.3 Å².